The van der Waals surface area contributed by atoms with Gasteiger partial charge in [0, 0.05) is 10.9 Å². The number of carbonyl (C=O) groups excluding carboxylic acids is 1. The van der Waals surface area contributed by atoms with Gasteiger partial charge in [-0.3, -0.25) is 4.79 Å². The Morgan fingerprint density at radius 3 is 2.38 bits per heavy atom. The maximum atomic E-state index is 12.4. The van der Waals surface area contributed by atoms with Crippen LogP contribution >= 0.6 is 0 Å². The van der Waals surface area contributed by atoms with E-state index in [9.17, 15) is 4.79 Å². The van der Waals surface area contributed by atoms with Crippen molar-refractivity contribution in [1.29, 1.82) is 0 Å². The van der Waals surface area contributed by atoms with E-state index in [0.29, 0.717) is 6.42 Å². The Morgan fingerprint density at radius 1 is 0.769 bits per heavy atom. The fourth-order valence-corrected chi connectivity index (χ4v) is 3.01. The molecule has 0 radical (unpaired) electrons. The van der Waals surface area contributed by atoms with E-state index in [1.54, 1.807) is 0 Å². The molecule has 0 aliphatic carbocycles. The molecule has 1 amide bonds. The minimum absolute atomic E-state index is 0.0376. The van der Waals surface area contributed by atoms with Crippen molar-refractivity contribution in [2.24, 2.45) is 0 Å². The van der Waals surface area contributed by atoms with Crippen molar-refractivity contribution >= 4 is 22.5 Å². The second-order valence-electron chi connectivity index (χ2n) is 6.15. The Labute approximate surface area is 152 Å². The van der Waals surface area contributed by atoms with Gasteiger partial charge in [-0.05, 0) is 23.8 Å². The molecule has 1 aromatic heterocycles. The van der Waals surface area contributed by atoms with Crippen LogP contribution in [0.15, 0.2) is 91.0 Å². The predicted octanol–water partition coefficient (Wildman–Crippen LogP) is 5.08. The lowest BCUT2D eigenvalue weighted by Gasteiger charge is -2.11. The first kappa shape index (κ1) is 16.0. The largest absolute Gasteiger partial charge is 0.325 e. The van der Waals surface area contributed by atoms with Crippen molar-refractivity contribution in [2.45, 2.75) is 6.42 Å². The molecular weight excluding hydrogens is 320 g/mol. The number of nitrogens with zero attached hydrogens (tertiary/aromatic N) is 1. The van der Waals surface area contributed by atoms with Crippen molar-refractivity contribution in [3.05, 3.63) is 96.6 Å². The molecule has 0 aliphatic heterocycles. The van der Waals surface area contributed by atoms with E-state index < -0.39 is 0 Å². The summed E-state index contributed by atoms with van der Waals surface area (Å²) in [6.45, 7) is 0. The van der Waals surface area contributed by atoms with Gasteiger partial charge in [0.2, 0.25) is 5.91 Å². The maximum Gasteiger partial charge on any atom is 0.228 e. The van der Waals surface area contributed by atoms with Crippen molar-refractivity contribution in [2.75, 3.05) is 5.32 Å². The van der Waals surface area contributed by atoms with E-state index in [1.165, 1.54) is 0 Å². The van der Waals surface area contributed by atoms with Crippen LogP contribution in [-0.2, 0) is 11.2 Å². The minimum Gasteiger partial charge on any atom is -0.325 e. The van der Waals surface area contributed by atoms with E-state index in [-0.39, 0.29) is 5.91 Å². The molecule has 126 valence electrons. The molecule has 0 saturated carbocycles. The topological polar surface area (TPSA) is 42.0 Å². The number of pyridine rings is 1. The number of fused-ring (bicyclic) bond motifs is 1. The lowest BCUT2D eigenvalue weighted by Crippen LogP contribution is -2.15. The minimum atomic E-state index is -0.0376. The molecule has 0 spiro atoms. The summed E-state index contributed by atoms with van der Waals surface area (Å²) in [7, 11) is 0. The van der Waals surface area contributed by atoms with E-state index >= 15 is 0 Å². The summed E-state index contributed by atoms with van der Waals surface area (Å²) >= 11 is 0. The highest BCUT2D eigenvalue weighted by atomic mass is 16.1. The van der Waals surface area contributed by atoms with E-state index in [0.717, 1.165) is 33.4 Å². The SMILES string of the molecule is O=C(Cc1ccccc1)Nc1ccccc1-c1ccc2ccccc2n1. The summed E-state index contributed by atoms with van der Waals surface area (Å²) in [6.07, 6.45) is 0.348. The van der Waals surface area contributed by atoms with Crippen LogP contribution in [0.4, 0.5) is 5.69 Å². The number of nitrogens with one attached hydrogen (secondary N) is 1. The van der Waals surface area contributed by atoms with E-state index in [1.807, 2.05) is 84.9 Å². The van der Waals surface area contributed by atoms with Crippen molar-refractivity contribution in [1.82, 2.24) is 4.98 Å². The monoisotopic (exact) mass is 338 g/mol. The first-order valence-electron chi connectivity index (χ1n) is 8.58. The Bertz CT molecular complexity index is 1060. The van der Waals surface area contributed by atoms with Crippen LogP contribution in [0, 0.1) is 0 Å². The fraction of sp³-hybridized carbons (Fsp3) is 0.0435. The second-order valence-corrected chi connectivity index (χ2v) is 6.15. The van der Waals surface area contributed by atoms with Gasteiger partial charge in [0.05, 0.1) is 23.3 Å². The molecule has 0 bridgehead atoms. The van der Waals surface area contributed by atoms with Gasteiger partial charge >= 0.3 is 0 Å². The van der Waals surface area contributed by atoms with Crippen molar-refractivity contribution < 1.29 is 4.79 Å². The zero-order chi connectivity index (χ0) is 17.8. The third-order valence-electron chi connectivity index (χ3n) is 4.28. The summed E-state index contributed by atoms with van der Waals surface area (Å²) in [5.74, 6) is -0.0376. The molecule has 1 N–H and O–H groups in total. The number of aromatic nitrogens is 1. The fourth-order valence-electron chi connectivity index (χ4n) is 3.01. The Hall–Kier alpha value is -3.46. The van der Waals surface area contributed by atoms with Gasteiger partial charge in [-0.2, -0.15) is 0 Å². The summed E-state index contributed by atoms with van der Waals surface area (Å²) in [4.78, 5) is 17.2. The summed E-state index contributed by atoms with van der Waals surface area (Å²) in [5.41, 5.74) is 4.47. The smallest absolute Gasteiger partial charge is 0.228 e. The van der Waals surface area contributed by atoms with Gasteiger partial charge in [0.15, 0.2) is 0 Å². The van der Waals surface area contributed by atoms with Crippen LogP contribution < -0.4 is 5.32 Å². The van der Waals surface area contributed by atoms with Crippen LogP contribution in [0.3, 0.4) is 0 Å². The maximum absolute atomic E-state index is 12.4. The normalized spacial score (nSPS) is 10.6. The van der Waals surface area contributed by atoms with Crippen LogP contribution in [-0.4, -0.2) is 10.9 Å². The highest BCUT2D eigenvalue weighted by Crippen LogP contribution is 2.28. The average molecular weight is 338 g/mol. The number of benzene rings is 3. The molecule has 26 heavy (non-hydrogen) atoms. The van der Waals surface area contributed by atoms with E-state index in [2.05, 4.69) is 11.4 Å². The zero-order valence-corrected chi connectivity index (χ0v) is 14.2. The standard InChI is InChI=1S/C23H18N2O/c26-23(16-17-8-2-1-3-9-17)25-21-13-7-5-11-19(21)22-15-14-18-10-4-6-12-20(18)24-22/h1-15H,16H2,(H,25,26). The number of rotatable bonds is 4. The summed E-state index contributed by atoms with van der Waals surface area (Å²) < 4.78 is 0. The molecule has 0 saturated heterocycles. The van der Waals surface area contributed by atoms with Gasteiger partial charge < -0.3 is 5.32 Å². The third kappa shape index (κ3) is 3.47. The van der Waals surface area contributed by atoms with Gasteiger partial charge in [-0.15, -0.1) is 0 Å². The van der Waals surface area contributed by atoms with Gasteiger partial charge in [-0.25, -0.2) is 4.98 Å². The number of amides is 1. The average Bonchev–Trinajstić information content (AvgIpc) is 2.69. The number of hydrogen-bond acceptors (Lipinski definition) is 2. The lowest BCUT2D eigenvalue weighted by atomic mass is 10.1. The van der Waals surface area contributed by atoms with Crippen LogP contribution in [0.25, 0.3) is 22.2 Å². The molecule has 0 atom stereocenters. The molecule has 3 nitrogen and oxygen atoms in total. The molecule has 0 unspecified atom stereocenters. The molecule has 0 aliphatic rings. The molecule has 0 fully saturated rings. The van der Waals surface area contributed by atoms with Gasteiger partial charge in [0.25, 0.3) is 0 Å². The van der Waals surface area contributed by atoms with Crippen molar-refractivity contribution in [3.8, 4) is 11.3 Å². The third-order valence-corrected chi connectivity index (χ3v) is 4.28. The Balaban J connectivity index is 1.62. The molecule has 1 heterocycles. The lowest BCUT2D eigenvalue weighted by molar-refractivity contribution is -0.115. The number of carbonyl (C=O) groups is 1. The van der Waals surface area contributed by atoms with Crippen LogP contribution in [0.5, 0.6) is 0 Å². The first-order chi connectivity index (χ1) is 12.8. The quantitative estimate of drug-likeness (QED) is 0.563. The predicted molar refractivity (Wildman–Crippen MR) is 106 cm³/mol. The van der Waals surface area contributed by atoms with Crippen molar-refractivity contribution in [3.63, 3.8) is 0 Å². The highest BCUT2D eigenvalue weighted by Gasteiger charge is 2.10. The van der Waals surface area contributed by atoms with Gasteiger partial charge in [-0.1, -0.05) is 72.8 Å². The number of anilines is 1. The number of hydrogen-bond donors (Lipinski definition) is 1. The summed E-state index contributed by atoms with van der Waals surface area (Å²) in [6, 6.07) is 29.6. The number of para-hydroxylation sites is 2. The molecule has 3 heteroatoms. The summed E-state index contributed by atoms with van der Waals surface area (Å²) in [5, 5.41) is 4.13. The second kappa shape index (κ2) is 7.19. The molecule has 3 aromatic carbocycles. The first-order valence-corrected chi connectivity index (χ1v) is 8.58. The van der Waals surface area contributed by atoms with Crippen LogP contribution in [0.1, 0.15) is 5.56 Å². The highest BCUT2D eigenvalue weighted by molar-refractivity contribution is 5.96. The molecule has 4 rings (SSSR count). The molecular formula is C23H18N2O. The van der Waals surface area contributed by atoms with E-state index in [4.69, 9.17) is 4.98 Å². The Kier molecular flexibility index (Phi) is 4.44. The Morgan fingerprint density at radius 2 is 1.50 bits per heavy atom. The zero-order valence-electron chi connectivity index (χ0n) is 14.2. The van der Waals surface area contributed by atoms with Crippen LogP contribution in [0.2, 0.25) is 0 Å². The molecule has 4 aromatic rings. The van der Waals surface area contributed by atoms with Gasteiger partial charge in [0.1, 0.15) is 0 Å².